The second kappa shape index (κ2) is 29.9. The molecule has 85 heavy (non-hydrogen) atoms. The van der Waals surface area contributed by atoms with Crippen molar-refractivity contribution in [1.29, 1.82) is 5.41 Å². The molecule has 1 saturated heterocycles. The Labute approximate surface area is 497 Å². The van der Waals surface area contributed by atoms with Gasteiger partial charge >= 0.3 is 0 Å². The van der Waals surface area contributed by atoms with E-state index in [0.717, 1.165) is 41.1 Å². The van der Waals surface area contributed by atoms with Crippen LogP contribution in [0, 0.1) is 34.8 Å². The zero-order valence-electron chi connectivity index (χ0n) is 51.9. The molecular formula is C64H88BF8N8O4. The molecule has 6 atom stereocenters. The minimum absolute atomic E-state index is 0.0289. The molecular weight excluding hydrogens is 1110 g/mol. The van der Waals surface area contributed by atoms with Crippen LogP contribution in [-0.2, 0) is 46.1 Å². The van der Waals surface area contributed by atoms with E-state index in [1.54, 1.807) is 18.6 Å². The van der Waals surface area contributed by atoms with Gasteiger partial charge in [0.05, 0.1) is 35.5 Å². The highest BCUT2D eigenvalue weighted by Gasteiger charge is 2.71. The highest BCUT2D eigenvalue weighted by molar-refractivity contribution is 6.31. The van der Waals surface area contributed by atoms with Crippen LogP contribution in [0.4, 0.5) is 40.8 Å². The number of rotatable bonds is 21. The lowest BCUT2D eigenvalue weighted by Crippen LogP contribution is -2.45. The number of methoxy groups -OCH3 is 1. The Bertz CT molecular complexity index is 3110. The van der Waals surface area contributed by atoms with Crippen molar-refractivity contribution in [2.45, 2.75) is 208 Å². The number of fused-ring (bicyclic) bond motifs is 4. The monoisotopic (exact) mass is 1200 g/mol. The molecule has 3 aliphatic carbocycles. The molecule has 2 aromatic carbocycles. The van der Waals surface area contributed by atoms with Crippen LogP contribution in [0.15, 0.2) is 41.2 Å². The molecule has 0 bridgehead atoms. The fourth-order valence-corrected chi connectivity index (χ4v) is 12.6. The number of hydrogen-bond acceptors (Lipinski definition) is 10. The van der Waals surface area contributed by atoms with Crippen LogP contribution in [0.1, 0.15) is 196 Å². The maximum Gasteiger partial charge on any atom is 0.293 e. The zero-order chi connectivity index (χ0) is 62.8. The number of halogens is 8. The average molecular weight is 1200 g/mol. The van der Waals surface area contributed by atoms with E-state index in [2.05, 4.69) is 22.2 Å². The predicted molar refractivity (Wildman–Crippen MR) is 321 cm³/mol. The summed E-state index contributed by atoms with van der Waals surface area (Å²) in [5.41, 5.74) is 3.91. The number of pyridine rings is 1. The summed E-state index contributed by atoms with van der Waals surface area (Å²) < 4.78 is 127. The summed E-state index contributed by atoms with van der Waals surface area (Å²) >= 11 is 0. The first kappa shape index (κ1) is 68.6. The number of benzene rings is 2. The lowest BCUT2D eigenvalue weighted by atomic mass is 9.84. The van der Waals surface area contributed by atoms with E-state index in [9.17, 15) is 45.3 Å². The van der Waals surface area contributed by atoms with Crippen molar-refractivity contribution in [3.8, 4) is 5.69 Å². The van der Waals surface area contributed by atoms with Gasteiger partial charge in [-0.1, -0.05) is 81.0 Å². The van der Waals surface area contributed by atoms with Crippen molar-refractivity contribution < 1.29 is 49.4 Å². The van der Waals surface area contributed by atoms with Crippen LogP contribution in [0.3, 0.4) is 0 Å². The molecule has 1 aliphatic heterocycles. The number of morpholine rings is 1. The van der Waals surface area contributed by atoms with Crippen molar-refractivity contribution in [3.05, 3.63) is 109 Å². The first-order valence-electron chi connectivity index (χ1n) is 30.4. The van der Waals surface area contributed by atoms with Crippen LogP contribution < -0.4 is 10.9 Å². The predicted octanol–water partition coefficient (Wildman–Crippen LogP) is 15.2. The fraction of sp³-hybridized carbons (Fsp3) is 0.625. The molecule has 0 amide bonds. The summed E-state index contributed by atoms with van der Waals surface area (Å²) in [5.74, 6) is -10.0. The van der Waals surface area contributed by atoms with Crippen molar-refractivity contribution in [2.24, 2.45) is 17.8 Å². The molecule has 3 fully saturated rings. The van der Waals surface area contributed by atoms with Gasteiger partial charge in [-0.05, 0) is 112 Å². The van der Waals surface area contributed by atoms with Crippen molar-refractivity contribution in [1.82, 2.24) is 29.2 Å². The van der Waals surface area contributed by atoms with Gasteiger partial charge in [-0.25, -0.2) is 36.3 Å². The summed E-state index contributed by atoms with van der Waals surface area (Å²) in [6, 6.07) is 9.33. The maximum atomic E-state index is 15.9. The first-order chi connectivity index (χ1) is 40.3. The van der Waals surface area contributed by atoms with Gasteiger partial charge in [0.2, 0.25) is 5.92 Å². The van der Waals surface area contributed by atoms with Gasteiger partial charge in [0.1, 0.15) is 36.1 Å². The van der Waals surface area contributed by atoms with Crippen molar-refractivity contribution in [2.75, 3.05) is 38.7 Å². The van der Waals surface area contributed by atoms with Gasteiger partial charge in [-0.2, -0.15) is 13.9 Å². The first-order valence-corrected chi connectivity index (χ1v) is 30.4. The van der Waals surface area contributed by atoms with Gasteiger partial charge in [-0.15, -0.1) is 0 Å². The van der Waals surface area contributed by atoms with Crippen LogP contribution >= 0.6 is 0 Å². The molecule has 4 aliphatic rings. The Morgan fingerprint density at radius 1 is 0.941 bits per heavy atom. The van der Waals surface area contributed by atoms with Gasteiger partial charge in [0.15, 0.2) is 11.4 Å². The third kappa shape index (κ3) is 16.0. The number of nitrogens with one attached hydrogen (secondary N) is 2. The largest absolute Gasteiger partial charge is 0.385 e. The number of ketones is 1. The quantitative estimate of drug-likeness (QED) is 0.0318. The molecule has 12 nitrogen and oxygen atoms in total. The molecule has 467 valence electrons. The third-order valence-corrected chi connectivity index (χ3v) is 16.2. The minimum atomic E-state index is -3.17. The van der Waals surface area contributed by atoms with Gasteiger partial charge in [0, 0.05) is 105 Å². The highest BCUT2D eigenvalue weighted by Crippen LogP contribution is 2.71. The summed E-state index contributed by atoms with van der Waals surface area (Å²) in [6.45, 7) is 25.3. The lowest BCUT2D eigenvalue weighted by molar-refractivity contribution is -0.118. The summed E-state index contributed by atoms with van der Waals surface area (Å²) in [6.07, 6.45) is 0.772. The standard InChI is InChI=1S/C48H64F4N6O3.C12H12F4N2O.C2H6B.C2H6/c1-8-11-34-13-14-41(44(54-19-10-20-60-7)42(34)39(53)12-9-2)58-46(38(29(3)4)23-32-21-36(49)25-37(50)22-32)56-45-43(47(58)59)35(28-57-26-30(5)61-31(6)27-57)24-40(55-45)33-15-17-48(51,52)18-16-33;1-4(19)3-18-10-7(9(17-18)11(13)14)6-5(2)8(6)12(10,15)16;1-3-2;1-2/h13-14,21-22,24-25,29-31,33,38,53-54H,8-12,15-20,23,26-28H2,1-7H3;5-6,8,11H,3H2,1-2H3;1-2H3;1-2H3/t;5-,6?,8?;;/m.1../s1. The SMILES string of the molecule is CC.CC(=O)Cn1nc(C(F)F)c2c1C(F)(F)C1C2[C@H]1C.CCCC(=N)c1c(CCC)ccc(-n2c(C(Cc3cc(F)cc(F)c3)C(C)C)nc3nc(C4CCC(F)(F)CC4)cc(CN4CC(C)OC(C)C4)c3c2=O)c1NCCCOC.C[B]C. The average Bonchev–Trinajstić information content (AvgIpc) is 1.53. The van der Waals surface area contributed by atoms with E-state index in [-0.39, 0.29) is 78.8 Å². The molecule has 5 aromatic rings. The van der Waals surface area contributed by atoms with Crippen LogP contribution in [0.25, 0.3) is 16.7 Å². The van der Waals surface area contributed by atoms with Crippen LogP contribution in [0.2, 0.25) is 13.6 Å². The van der Waals surface area contributed by atoms with E-state index in [1.807, 2.05) is 87.6 Å². The number of Topliss-reactive ketones (excluding diaryl/α,β-unsaturated/α-hetero) is 1. The van der Waals surface area contributed by atoms with E-state index < -0.39 is 71.4 Å². The topological polar surface area (TPSA) is 140 Å². The number of nitrogens with zero attached hydrogens (tertiary/aromatic N) is 6. The summed E-state index contributed by atoms with van der Waals surface area (Å²) in [7, 11) is 3.65. The zero-order valence-corrected chi connectivity index (χ0v) is 51.9. The van der Waals surface area contributed by atoms with Crippen molar-refractivity contribution >= 4 is 35.5 Å². The Hall–Kier alpha value is -5.54. The number of anilines is 1. The molecule has 1 radical (unpaired) electrons. The van der Waals surface area contributed by atoms with E-state index in [4.69, 9.17) is 19.4 Å². The molecule has 4 heterocycles. The highest BCUT2D eigenvalue weighted by atomic mass is 19.3. The number of aryl methyl sites for hydroxylation is 1. The number of carbonyl (C=O) groups excluding carboxylic acids is 1. The number of hydrogen-bond donors (Lipinski definition) is 2. The van der Waals surface area contributed by atoms with E-state index >= 15 is 4.79 Å². The minimum Gasteiger partial charge on any atom is -0.385 e. The molecule has 21 heteroatoms. The molecule has 2 N–H and O–H groups in total. The van der Waals surface area contributed by atoms with E-state index in [1.165, 1.54) is 19.1 Å². The molecule has 3 aromatic heterocycles. The van der Waals surface area contributed by atoms with Gasteiger partial charge < -0.3 is 20.2 Å². The summed E-state index contributed by atoms with van der Waals surface area (Å²) in [5, 5.41) is 16.9. The number of aromatic nitrogens is 5. The fourth-order valence-electron chi connectivity index (χ4n) is 12.6. The molecule has 5 unspecified atom stereocenters. The normalized spacial score (nSPS) is 20.8. The van der Waals surface area contributed by atoms with Crippen LogP contribution in [0.5, 0.6) is 0 Å². The Morgan fingerprint density at radius 2 is 1.58 bits per heavy atom. The maximum absolute atomic E-state index is 15.9. The second-order valence-electron chi connectivity index (χ2n) is 23.6. The number of ether oxygens (including phenoxy) is 2. The van der Waals surface area contributed by atoms with E-state index in [0.29, 0.717) is 90.7 Å². The van der Waals surface area contributed by atoms with Crippen LogP contribution in [-0.4, -0.2) is 99.5 Å². The third-order valence-electron chi connectivity index (χ3n) is 16.2. The second-order valence-corrected chi connectivity index (χ2v) is 23.6. The Morgan fingerprint density at radius 3 is 2.14 bits per heavy atom. The molecule has 2 saturated carbocycles. The molecule has 0 spiro atoms. The number of carbonyl (C=O) groups is 1. The number of alkyl halides is 6. The van der Waals surface area contributed by atoms with Gasteiger partial charge in [-0.3, -0.25) is 23.7 Å². The smallest absolute Gasteiger partial charge is 0.293 e. The Kier molecular flexibility index (Phi) is 24.1. The molecule has 9 rings (SSSR count). The van der Waals surface area contributed by atoms with Crippen molar-refractivity contribution in [3.63, 3.8) is 0 Å². The Balaban J connectivity index is 0.000000399. The lowest BCUT2D eigenvalue weighted by Gasteiger charge is -2.35. The van der Waals surface area contributed by atoms with Gasteiger partial charge in [0.25, 0.3) is 17.9 Å². The summed E-state index contributed by atoms with van der Waals surface area (Å²) in [4.78, 5) is 39.6.